The van der Waals surface area contributed by atoms with Crippen molar-refractivity contribution in [3.63, 3.8) is 0 Å². The average Bonchev–Trinajstić information content (AvgIpc) is 2.42. The lowest BCUT2D eigenvalue weighted by molar-refractivity contribution is -0.168. The van der Waals surface area contributed by atoms with Crippen LogP contribution in [0, 0.1) is 5.92 Å². The molecule has 0 spiro atoms. The van der Waals surface area contributed by atoms with Crippen molar-refractivity contribution in [1.29, 1.82) is 0 Å². The van der Waals surface area contributed by atoms with Gasteiger partial charge in [0.15, 0.2) is 0 Å². The second-order valence-electron chi connectivity index (χ2n) is 4.24. The van der Waals surface area contributed by atoms with Gasteiger partial charge < -0.3 is 0 Å². The SMILES string of the molecule is O=C1NC(=O)C2(N3N=CN=C=CC3=O)CC1C2. The number of amides is 3. The largest absolute Gasteiger partial charge is 0.294 e. The maximum Gasteiger partial charge on any atom is 0.277 e. The maximum atomic E-state index is 11.9. The molecule has 7 heteroatoms. The number of aliphatic imine (C=N–C) groups is 1. The summed E-state index contributed by atoms with van der Waals surface area (Å²) < 4.78 is 0. The Hall–Kier alpha value is -2.27. The van der Waals surface area contributed by atoms with Crippen LogP contribution in [-0.4, -0.2) is 40.5 Å². The highest BCUT2D eigenvalue weighted by atomic mass is 16.2. The summed E-state index contributed by atoms with van der Waals surface area (Å²) in [6.07, 6.45) is 2.94. The minimum Gasteiger partial charge on any atom is -0.294 e. The van der Waals surface area contributed by atoms with E-state index in [1.54, 1.807) is 0 Å². The Balaban J connectivity index is 1.96. The van der Waals surface area contributed by atoms with Crippen LogP contribution < -0.4 is 5.32 Å². The van der Waals surface area contributed by atoms with Gasteiger partial charge in [0.05, 0.1) is 6.08 Å². The monoisotopic (exact) mass is 232 g/mol. The van der Waals surface area contributed by atoms with Crippen LogP contribution in [0.15, 0.2) is 16.2 Å². The molecule has 4 rings (SSSR count). The summed E-state index contributed by atoms with van der Waals surface area (Å²) in [5, 5.41) is 7.18. The van der Waals surface area contributed by atoms with Crippen molar-refractivity contribution in [3.8, 4) is 0 Å². The van der Waals surface area contributed by atoms with Crippen molar-refractivity contribution in [2.75, 3.05) is 0 Å². The predicted octanol–water partition coefficient (Wildman–Crippen LogP) is -1.20. The molecule has 0 aromatic heterocycles. The average molecular weight is 232 g/mol. The molecule has 86 valence electrons. The Morgan fingerprint density at radius 3 is 2.88 bits per heavy atom. The lowest BCUT2D eigenvalue weighted by atomic mass is 9.64. The van der Waals surface area contributed by atoms with E-state index < -0.39 is 17.4 Å². The fourth-order valence-electron chi connectivity index (χ4n) is 2.37. The van der Waals surface area contributed by atoms with E-state index in [1.807, 2.05) is 0 Å². The summed E-state index contributed by atoms with van der Waals surface area (Å²) in [6.45, 7) is 0. The van der Waals surface area contributed by atoms with Gasteiger partial charge in [-0.2, -0.15) is 10.1 Å². The van der Waals surface area contributed by atoms with Crippen molar-refractivity contribution < 1.29 is 14.4 Å². The number of carbonyl (C=O) groups is 3. The third-order valence-corrected chi connectivity index (χ3v) is 3.30. The van der Waals surface area contributed by atoms with E-state index in [2.05, 4.69) is 21.3 Å². The number of imide groups is 1. The molecule has 3 fully saturated rings. The molecule has 3 aliphatic heterocycles. The number of hydrogen-bond donors (Lipinski definition) is 1. The molecule has 2 bridgehead atoms. The van der Waals surface area contributed by atoms with Gasteiger partial charge in [-0.1, -0.05) is 0 Å². The molecule has 3 amide bonds. The van der Waals surface area contributed by atoms with E-state index in [1.165, 1.54) is 0 Å². The Morgan fingerprint density at radius 2 is 2.18 bits per heavy atom. The minimum absolute atomic E-state index is 0.205. The number of carbonyl (C=O) groups excluding carboxylic acids is 3. The van der Waals surface area contributed by atoms with Crippen LogP contribution in [0.1, 0.15) is 12.8 Å². The summed E-state index contributed by atoms with van der Waals surface area (Å²) in [6, 6.07) is 0. The molecule has 1 saturated carbocycles. The Morgan fingerprint density at radius 1 is 1.41 bits per heavy atom. The quantitative estimate of drug-likeness (QED) is 0.576. The topological polar surface area (TPSA) is 91.2 Å². The molecule has 4 aliphatic rings. The van der Waals surface area contributed by atoms with Crippen molar-refractivity contribution in [3.05, 3.63) is 6.08 Å². The van der Waals surface area contributed by atoms with Gasteiger partial charge in [-0.3, -0.25) is 19.7 Å². The molecule has 0 unspecified atom stereocenters. The smallest absolute Gasteiger partial charge is 0.277 e. The van der Waals surface area contributed by atoms with E-state index in [0.717, 1.165) is 17.4 Å². The Bertz CT molecular complexity index is 524. The number of nitrogens with one attached hydrogen (secondary N) is 1. The summed E-state index contributed by atoms with van der Waals surface area (Å²) in [5.41, 5.74) is -1.02. The molecule has 0 aromatic rings. The number of hydrazone groups is 1. The zero-order valence-corrected chi connectivity index (χ0v) is 8.71. The zero-order valence-electron chi connectivity index (χ0n) is 8.71. The zero-order chi connectivity index (χ0) is 12.0. The first-order valence-corrected chi connectivity index (χ1v) is 5.14. The predicted molar refractivity (Wildman–Crippen MR) is 55.9 cm³/mol. The van der Waals surface area contributed by atoms with Gasteiger partial charge in [0.25, 0.3) is 11.8 Å². The van der Waals surface area contributed by atoms with Gasteiger partial charge in [-0.05, 0) is 18.7 Å². The molecule has 1 N–H and O–H groups in total. The first-order valence-electron chi connectivity index (χ1n) is 5.14. The molecule has 1 aliphatic carbocycles. The molecule has 0 radical (unpaired) electrons. The molecule has 0 atom stereocenters. The number of nitrogens with zero attached hydrogens (tertiary/aromatic N) is 3. The number of fused-ring (bicyclic) bond motifs is 2. The summed E-state index contributed by atoms with van der Waals surface area (Å²) in [4.78, 5) is 38.5. The van der Waals surface area contributed by atoms with Crippen LogP contribution in [-0.2, 0) is 14.4 Å². The first kappa shape index (κ1) is 9.92. The highest BCUT2D eigenvalue weighted by Crippen LogP contribution is 2.46. The van der Waals surface area contributed by atoms with E-state index in [0.29, 0.717) is 12.8 Å². The van der Waals surface area contributed by atoms with Crippen LogP contribution in [0.3, 0.4) is 0 Å². The summed E-state index contributed by atoms with van der Waals surface area (Å²) in [5.74, 6) is 0.992. The Labute approximate surface area is 95.9 Å². The second-order valence-corrected chi connectivity index (χ2v) is 4.24. The van der Waals surface area contributed by atoms with Crippen LogP contribution in [0.2, 0.25) is 0 Å². The fraction of sp³-hybridized carbons (Fsp3) is 0.400. The van der Waals surface area contributed by atoms with Gasteiger partial charge in [-0.25, -0.2) is 5.01 Å². The maximum absolute atomic E-state index is 11.9. The highest BCUT2D eigenvalue weighted by Gasteiger charge is 2.62. The normalized spacial score (nSPS) is 34.5. The van der Waals surface area contributed by atoms with E-state index in [-0.39, 0.29) is 11.8 Å². The number of rotatable bonds is 1. The highest BCUT2D eigenvalue weighted by molar-refractivity contribution is 6.10. The molecule has 3 heterocycles. The van der Waals surface area contributed by atoms with Crippen LogP contribution in [0.5, 0.6) is 0 Å². The van der Waals surface area contributed by atoms with Gasteiger partial charge in [0, 0.05) is 5.92 Å². The minimum atomic E-state index is -1.02. The molecule has 0 aromatic carbocycles. The lowest BCUT2D eigenvalue weighted by Crippen LogP contribution is -2.72. The molecular formula is C10H8N4O3. The fourth-order valence-corrected chi connectivity index (χ4v) is 2.37. The summed E-state index contributed by atoms with van der Waals surface area (Å²) in [7, 11) is 0. The first-order chi connectivity index (χ1) is 8.13. The van der Waals surface area contributed by atoms with Crippen LogP contribution >= 0.6 is 0 Å². The third kappa shape index (κ3) is 1.20. The van der Waals surface area contributed by atoms with E-state index in [9.17, 15) is 14.4 Å². The summed E-state index contributed by atoms with van der Waals surface area (Å²) >= 11 is 0. The third-order valence-electron chi connectivity index (χ3n) is 3.30. The van der Waals surface area contributed by atoms with Crippen molar-refractivity contribution in [2.45, 2.75) is 18.4 Å². The van der Waals surface area contributed by atoms with Crippen LogP contribution in [0.25, 0.3) is 0 Å². The Kier molecular flexibility index (Phi) is 1.82. The standard InChI is InChI=1S/C10H8N4O3/c15-7-1-2-11-5-12-14(7)10-3-6(4-10)8(16)13-9(10)17/h1,5-6H,3-4H2,(H,13,16,17). The van der Waals surface area contributed by atoms with Gasteiger partial charge in [0.1, 0.15) is 11.9 Å². The van der Waals surface area contributed by atoms with Crippen molar-refractivity contribution in [2.24, 2.45) is 16.0 Å². The van der Waals surface area contributed by atoms with Crippen molar-refractivity contribution in [1.82, 2.24) is 10.3 Å². The molecule has 7 nitrogen and oxygen atoms in total. The molecule has 2 saturated heterocycles. The van der Waals surface area contributed by atoms with Gasteiger partial charge in [0.2, 0.25) is 5.91 Å². The number of piperidine rings is 2. The molecular weight excluding hydrogens is 224 g/mol. The van der Waals surface area contributed by atoms with E-state index >= 15 is 0 Å². The number of hydrogen-bond acceptors (Lipinski definition) is 5. The van der Waals surface area contributed by atoms with Gasteiger partial charge in [-0.15, -0.1) is 0 Å². The lowest BCUT2D eigenvalue weighted by Gasteiger charge is -2.52. The van der Waals surface area contributed by atoms with E-state index in [4.69, 9.17) is 0 Å². The second kappa shape index (κ2) is 3.11. The van der Waals surface area contributed by atoms with Gasteiger partial charge >= 0.3 is 0 Å². The molecule has 17 heavy (non-hydrogen) atoms. The van der Waals surface area contributed by atoms with Crippen LogP contribution in [0.4, 0.5) is 0 Å². The van der Waals surface area contributed by atoms with Crippen molar-refractivity contribution >= 4 is 29.9 Å².